The highest BCUT2D eigenvalue weighted by atomic mass is 28.4. The summed E-state index contributed by atoms with van der Waals surface area (Å²) in [6, 6.07) is 0. The second-order valence-corrected chi connectivity index (χ2v) is 4.08. The molecule has 0 saturated heterocycles. The Kier molecular flexibility index (Phi) is 3.52. The molecule has 0 rings (SSSR count). The van der Waals surface area contributed by atoms with Gasteiger partial charge < -0.3 is 13.6 Å². The molecule has 0 atom stereocenters. The van der Waals surface area contributed by atoms with Crippen molar-refractivity contribution in [2.75, 3.05) is 0 Å². The van der Waals surface area contributed by atoms with Gasteiger partial charge in [0.1, 0.15) is 0 Å². The molecule has 13 heteroatoms. The molecule has 0 spiro atoms. The van der Waals surface area contributed by atoms with E-state index in [0.29, 0.717) is 6.55 Å². The fourth-order valence-electron chi connectivity index (χ4n) is 0.456. The third-order valence-corrected chi connectivity index (χ3v) is 2.16. The van der Waals surface area contributed by atoms with Gasteiger partial charge in [0.2, 0.25) is 0 Å². The third kappa shape index (κ3) is 4.65. The van der Waals surface area contributed by atoms with Gasteiger partial charge in [-0.15, -0.1) is 30.3 Å². The smallest absolute Gasteiger partial charge is 0.301 e. The van der Waals surface area contributed by atoms with Crippen molar-refractivity contribution in [1.82, 2.24) is 0 Å². The lowest BCUT2D eigenvalue weighted by atomic mass is 11.9. The van der Waals surface area contributed by atoms with E-state index in [2.05, 4.69) is 13.6 Å². The first-order chi connectivity index (χ1) is 6.25. The van der Waals surface area contributed by atoms with Crippen molar-refractivity contribution >= 4 is 8.80 Å². The van der Waals surface area contributed by atoms with Crippen molar-refractivity contribution in [3.05, 3.63) is 30.3 Å². The monoisotopic (exact) mass is 229 g/mol. The Morgan fingerprint density at radius 2 is 1.07 bits per heavy atom. The summed E-state index contributed by atoms with van der Waals surface area (Å²) in [5, 5.41) is 25.0. The van der Waals surface area contributed by atoms with Gasteiger partial charge in [-0.2, -0.15) is 0 Å². The van der Waals surface area contributed by atoms with Crippen LogP contribution in [0.3, 0.4) is 0 Å². The Morgan fingerprint density at radius 3 is 1.21 bits per heavy atom. The number of hydrogen-bond acceptors (Lipinski definition) is 9. The van der Waals surface area contributed by atoms with E-state index in [4.69, 9.17) is 0 Å². The minimum atomic E-state index is -4.54. The van der Waals surface area contributed by atoms with Crippen LogP contribution in [0.1, 0.15) is 0 Å². The largest absolute Gasteiger partial charge is 0.618 e. The summed E-state index contributed by atoms with van der Waals surface area (Å²) >= 11 is 0. The fourth-order valence-corrected chi connectivity index (χ4v) is 1.37. The van der Waals surface area contributed by atoms with Gasteiger partial charge in [-0.3, -0.25) is 0 Å². The molecule has 80 valence electrons. The highest BCUT2D eigenvalue weighted by Gasteiger charge is 2.45. The van der Waals surface area contributed by atoms with Crippen LogP contribution < -0.4 is 0 Å². The van der Waals surface area contributed by atoms with E-state index in [1.54, 1.807) is 0 Å². The molecule has 0 aromatic rings. The number of rotatable bonds is 6. The summed E-state index contributed by atoms with van der Waals surface area (Å²) in [5.74, 6) is 0. The van der Waals surface area contributed by atoms with Crippen molar-refractivity contribution < 1.29 is 28.8 Å². The average Bonchev–Trinajstić information content (AvgIpc) is 1.76. The van der Waals surface area contributed by atoms with Crippen molar-refractivity contribution in [2.24, 2.45) is 0 Å². The minimum absolute atomic E-state index is 0.626. The molecule has 0 radical (unpaired) electrons. The van der Waals surface area contributed by atoms with E-state index >= 15 is 0 Å². The lowest BCUT2D eigenvalue weighted by molar-refractivity contribution is -0.806. The topological polar surface area (TPSA) is 157 Å². The predicted octanol–water partition coefficient (Wildman–Crippen LogP) is -0.820. The molecular formula is CH3N3O9Si. The Balaban J connectivity index is 4.56. The van der Waals surface area contributed by atoms with Crippen LogP contribution in [-0.4, -0.2) is 24.1 Å². The van der Waals surface area contributed by atoms with Crippen molar-refractivity contribution in [3.63, 3.8) is 0 Å². The first kappa shape index (κ1) is 11.8. The Morgan fingerprint density at radius 1 is 0.857 bits per heavy atom. The molecule has 0 unspecified atom stereocenters. The summed E-state index contributed by atoms with van der Waals surface area (Å²) in [6.45, 7) is 0.626. The Hall–Kier alpha value is -2.18. The van der Waals surface area contributed by atoms with Gasteiger partial charge in [0, 0.05) is 6.55 Å². The molecule has 0 fully saturated rings. The van der Waals surface area contributed by atoms with Gasteiger partial charge in [0.25, 0.3) is 15.3 Å². The van der Waals surface area contributed by atoms with Crippen molar-refractivity contribution in [1.29, 1.82) is 0 Å². The molecule has 12 nitrogen and oxygen atoms in total. The minimum Gasteiger partial charge on any atom is -0.301 e. The lowest BCUT2D eigenvalue weighted by Crippen LogP contribution is -2.47. The zero-order valence-electron chi connectivity index (χ0n) is 6.52. The van der Waals surface area contributed by atoms with Gasteiger partial charge in [-0.1, -0.05) is 0 Å². The summed E-state index contributed by atoms with van der Waals surface area (Å²) in [7, 11) is -4.54. The molecule has 0 saturated carbocycles. The van der Waals surface area contributed by atoms with E-state index in [1.165, 1.54) is 0 Å². The zero-order chi connectivity index (χ0) is 11.4. The molecule has 0 amide bonds. The first-order valence-corrected chi connectivity index (χ1v) is 4.98. The standard InChI is InChI=1S/CH3N3O9Si/c1-14(11-2(5)6,12-3(7)8)13-4(9)10/h1H3. The maximum atomic E-state index is 9.79. The van der Waals surface area contributed by atoms with Crippen molar-refractivity contribution in [3.8, 4) is 0 Å². The number of hydrogen-bond donors (Lipinski definition) is 0. The van der Waals surface area contributed by atoms with Crippen LogP contribution in [0.15, 0.2) is 0 Å². The van der Waals surface area contributed by atoms with E-state index < -0.39 is 24.1 Å². The second-order valence-electron chi connectivity index (χ2n) is 1.81. The van der Waals surface area contributed by atoms with E-state index in [-0.39, 0.29) is 0 Å². The molecule has 0 N–H and O–H groups in total. The summed E-state index contributed by atoms with van der Waals surface area (Å²) in [6.07, 6.45) is 0. The summed E-state index contributed by atoms with van der Waals surface area (Å²) < 4.78 is 10.8. The molecule has 14 heavy (non-hydrogen) atoms. The zero-order valence-corrected chi connectivity index (χ0v) is 7.52. The molecule has 0 aromatic carbocycles. The van der Waals surface area contributed by atoms with Crippen LogP contribution >= 0.6 is 0 Å². The van der Waals surface area contributed by atoms with Crippen LogP contribution in [-0.2, 0) is 13.6 Å². The SMILES string of the molecule is C[Si](O[N+](=O)[O-])(O[N+](=O)[O-])O[N+](=O)[O-]. The molecule has 0 bridgehead atoms. The van der Waals surface area contributed by atoms with Gasteiger partial charge in [0.15, 0.2) is 0 Å². The van der Waals surface area contributed by atoms with Gasteiger partial charge >= 0.3 is 8.80 Å². The summed E-state index contributed by atoms with van der Waals surface area (Å²) in [5.41, 5.74) is 0. The highest BCUT2D eigenvalue weighted by Crippen LogP contribution is 2.09. The average molecular weight is 229 g/mol. The molecule has 0 aliphatic carbocycles. The highest BCUT2D eigenvalue weighted by molar-refractivity contribution is 6.58. The van der Waals surface area contributed by atoms with Crippen LogP contribution in [0.4, 0.5) is 0 Å². The Labute approximate surface area is 75.7 Å². The van der Waals surface area contributed by atoms with Gasteiger partial charge in [-0.05, 0) is 0 Å². The molecule has 0 aliphatic rings. The molecule has 0 aromatic heterocycles. The summed E-state index contributed by atoms with van der Waals surface area (Å²) in [4.78, 5) is 29.4. The predicted molar refractivity (Wildman–Crippen MR) is 35.9 cm³/mol. The fraction of sp³-hybridized carbons (Fsp3) is 1.00. The second kappa shape index (κ2) is 4.17. The third-order valence-electron chi connectivity index (χ3n) is 0.721. The van der Waals surface area contributed by atoms with E-state index in [9.17, 15) is 30.3 Å². The van der Waals surface area contributed by atoms with E-state index in [0.717, 1.165) is 0 Å². The molecule has 0 aliphatic heterocycles. The van der Waals surface area contributed by atoms with Gasteiger partial charge in [-0.25, -0.2) is 0 Å². The van der Waals surface area contributed by atoms with E-state index in [1.807, 2.05) is 0 Å². The van der Waals surface area contributed by atoms with Crippen LogP contribution in [0, 0.1) is 30.3 Å². The van der Waals surface area contributed by atoms with Gasteiger partial charge in [0.05, 0.1) is 0 Å². The normalized spacial score (nSPS) is 10.1. The molecule has 0 heterocycles. The maximum absolute atomic E-state index is 9.79. The van der Waals surface area contributed by atoms with Crippen molar-refractivity contribution in [2.45, 2.75) is 6.55 Å². The quantitative estimate of drug-likeness (QED) is 0.322. The Bertz CT molecular complexity index is 222. The van der Waals surface area contributed by atoms with Crippen LogP contribution in [0.5, 0.6) is 0 Å². The van der Waals surface area contributed by atoms with Crippen LogP contribution in [0.25, 0.3) is 0 Å². The maximum Gasteiger partial charge on any atom is 0.618 e. The lowest BCUT2D eigenvalue weighted by Gasteiger charge is -2.17. The van der Waals surface area contributed by atoms with Crippen LogP contribution in [0.2, 0.25) is 6.55 Å². The molecular weight excluding hydrogens is 226 g/mol. The number of nitrogens with zero attached hydrogens (tertiary/aromatic N) is 3. The first-order valence-electron chi connectivity index (χ1n) is 2.76.